The van der Waals surface area contributed by atoms with E-state index in [0.29, 0.717) is 23.9 Å². The quantitative estimate of drug-likeness (QED) is 0.759. The lowest BCUT2D eigenvalue weighted by molar-refractivity contribution is -0.0370. The summed E-state index contributed by atoms with van der Waals surface area (Å²) in [6, 6.07) is 0.0917. The molecule has 1 aromatic heterocycles. The number of amides is 1. The number of thiazole rings is 1. The van der Waals surface area contributed by atoms with E-state index in [1.165, 1.54) is 11.3 Å². The number of morpholine rings is 1. The number of carbonyl (C=O) groups excluding carboxylic acids is 1. The maximum absolute atomic E-state index is 12.1. The first-order chi connectivity index (χ1) is 7.72. The molecule has 1 aliphatic rings. The number of rotatable bonds is 2. The largest absolute Gasteiger partial charge is 0.373 e. The molecule has 6 heteroatoms. The second-order valence-corrected chi connectivity index (χ2v) is 4.98. The Morgan fingerprint density at radius 1 is 1.81 bits per heavy atom. The van der Waals surface area contributed by atoms with Crippen molar-refractivity contribution in [3.63, 3.8) is 0 Å². The van der Waals surface area contributed by atoms with E-state index in [1.807, 2.05) is 11.8 Å². The summed E-state index contributed by atoms with van der Waals surface area (Å²) in [5.41, 5.74) is 1.66. The van der Waals surface area contributed by atoms with Crippen molar-refractivity contribution in [2.75, 3.05) is 19.0 Å². The second kappa shape index (κ2) is 5.12. The van der Waals surface area contributed by atoms with Gasteiger partial charge >= 0.3 is 0 Å². The van der Waals surface area contributed by atoms with Gasteiger partial charge in [-0.15, -0.1) is 22.9 Å². The summed E-state index contributed by atoms with van der Waals surface area (Å²) < 4.78 is 5.50. The normalized spacial score (nSPS) is 25.8. The van der Waals surface area contributed by atoms with Gasteiger partial charge in [-0.05, 0) is 6.92 Å². The highest BCUT2D eigenvalue weighted by atomic mass is 35.5. The van der Waals surface area contributed by atoms with Crippen LogP contribution >= 0.6 is 22.9 Å². The Balaban J connectivity index is 2.09. The summed E-state index contributed by atoms with van der Waals surface area (Å²) in [6.07, 6.45) is 1.54. The number of carbonyl (C=O) groups is 1. The fourth-order valence-corrected chi connectivity index (χ4v) is 2.42. The summed E-state index contributed by atoms with van der Waals surface area (Å²) in [4.78, 5) is 18.5. The first kappa shape index (κ1) is 11.8. The molecule has 0 bridgehead atoms. The van der Waals surface area contributed by atoms with Gasteiger partial charge in [-0.25, -0.2) is 0 Å². The number of hydrogen-bond donors (Lipinski definition) is 0. The topological polar surface area (TPSA) is 42.4 Å². The molecule has 0 N–H and O–H groups in total. The van der Waals surface area contributed by atoms with Gasteiger partial charge in [-0.2, -0.15) is 0 Å². The number of halogens is 1. The van der Waals surface area contributed by atoms with E-state index in [0.717, 1.165) is 0 Å². The minimum absolute atomic E-state index is 0.0217. The SMILES string of the molecule is CC1COC(CCl)CN1C(=O)c1cncs1. The summed E-state index contributed by atoms with van der Waals surface area (Å²) in [7, 11) is 0. The van der Waals surface area contributed by atoms with Crippen LogP contribution in [0.25, 0.3) is 0 Å². The molecule has 2 rings (SSSR count). The van der Waals surface area contributed by atoms with Gasteiger partial charge in [-0.3, -0.25) is 9.78 Å². The number of aromatic nitrogens is 1. The zero-order valence-electron chi connectivity index (χ0n) is 8.93. The van der Waals surface area contributed by atoms with Crippen molar-refractivity contribution in [1.82, 2.24) is 9.88 Å². The first-order valence-corrected chi connectivity index (χ1v) is 6.50. The molecule has 0 aromatic carbocycles. The molecule has 88 valence electrons. The Bertz CT molecular complexity index is 358. The van der Waals surface area contributed by atoms with Crippen molar-refractivity contribution < 1.29 is 9.53 Å². The van der Waals surface area contributed by atoms with Crippen LogP contribution in [0.5, 0.6) is 0 Å². The molecular weight excluding hydrogens is 248 g/mol. The third-order valence-electron chi connectivity index (χ3n) is 2.58. The lowest BCUT2D eigenvalue weighted by Crippen LogP contribution is -2.51. The van der Waals surface area contributed by atoms with Gasteiger partial charge in [0.15, 0.2) is 0 Å². The molecule has 1 fully saturated rings. The first-order valence-electron chi connectivity index (χ1n) is 5.09. The van der Waals surface area contributed by atoms with Crippen LogP contribution in [0, 0.1) is 0 Å². The van der Waals surface area contributed by atoms with Gasteiger partial charge in [0.05, 0.1) is 36.3 Å². The van der Waals surface area contributed by atoms with E-state index >= 15 is 0 Å². The third-order valence-corrected chi connectivity index (χ3v) is 3.69. The molecule has 16 heavy (non-hydrogen) atoms. The number of hydrogen-bond acceptors (Lipinski definition) is 4. The highest BCUT2D eigenvalue weighted by Crippen LogP contribution is 2.18. The van der Waals surface area contributed by atoms with Crippen LogP contribution in [0.15, 0.2) is 11.7 Å². The lowest BCUT2D eigenvalue weighted by Gasteiger charge is -2.37. The van der Waals surface area contributed by atoms with Crippen LogP contribution in [-0.2, 0) is 4.74 Å². The summed E-state index contributed by atoms with van der Waals surface area (Å²) >= 11 is 7.11. The molecular formula is C10H13ClN2O2S. The van der Waals surface area contributed by atoms with Crippen molar-refractivity contribution >= 4 is 28.8 Å². The molecule has 2 heterocycles. The summed E-state index contributed by atoms with van der Waals surface area (Å²) in [6.45, 7) is 3.08. The predicted molar refractivity (Wildman–Crippen MR) is 63.1 cm³/mol. The maximum Gasteiger partial charge on any atom is 0.265 e. The Kier molecular flexibility index (Phi) is 3.78. The zero-order valence-corrected chi connectivity index (χ0v) is 10.5. The molecule has 2 unspecified atom stereocenters. The zero-order chi connectivity index (χ0) is 11.5. The smallest absolute Gasteiger partial charge is 0.265 e. The number of ether oxygens (including phenoxy) is 1. The number of alkyl halides is 1. The highest BCUT2D eigenvalue weighted by Gasteiger charge is 2.30. The summed E-state index contributed by atoms with van der Waals surface area (Å²) in [5, 5.41) is 0. The van der Waals surface area contributed by atoms with E-state index in [4.69, 9.17) is 16.3 Å². The van der Waals surface area contributed by atoms with Gasteiger partial charge in [0.25, 0.3) is 5.91 Å². The molecule has 1 aliphatic heterocycles. The molecule has 2 atom stereocenters. The van der Waals surface area contributed by atoms with Crippen molar-refractivity contribution in [3.05, 3.63) is 16.6 Å². The van der Waals surface area contributed by atoms with Gasteiger partial charge in [-0.1, -0.05) is 0 Å². The van der Waals surface area contributed by atoms with E-state index in [9.17, 15) is 4.79 Å². The van der Waals surface area contributed by atoms with Crippen LogP contribution in [0.4, 0.5) is 0 Å². The van der Waals surface area contributed by atoms with Gasteiger partial charge < -0.3 is 9.64 Å². The van der Waals surface area contributed by atoms with Crippen LogP contribution < -0.4 is 0 Å². The van der Waals surface area contributed by atoms with Crippen LogP contribution in [0.3, 0.4) is 0 Å². The van der Waals surface area contributed by atoms with Crippen molar-refractivity contribution in [1.29, 1.82) is 0 Å². The van der Waals surface area contributed by atoms with Crippen molar-refractivity contribution in [2.24, 2.45) is 0 Å². The van der Waals surface area contributed by atoms with Gasteiger partial charge in [0.1, 0.15) is 4.88 Å². The second-order valence-electron chi connectivity index (χ2n) is 3.78. The molecule has 4 nitrogen and oxygen atoms in total. The number of nitrogens with zero attached hydrogens (tertiary/aromatic N) is 2. The van der Waals surface area contributed by atoms with Gasteiger partial charge in [0.2, 0.25) is 0 Å². The van der Waals surface area contributed by atoms with E-state index in [1.54, 1.807) is 11.7 Å². The Morgan fingerprint density at radius 3 is 3.25 bits per heavy atom. The average Bonchev–Trinajstić information content (AvgIpc) is 2.82. The molecule has 1 aromatic rings. The van der Waals surface area contributed by atoms with Gasteiger partial charge in [0, 0.05) is 6.54 Å². The van der Waals surface area contributed by atoms with E-state index in [-0.39, 0.29) is 18.1 Å². The fraction of sp³-hybridized carbons (Fsp3) is 0.600. The summed E-state index contributed by atoms with van der Waals surface area (Å²) in [5.74, 6) is 0.438. The molecule has 0 spiro atoms. The molecule has 1 amide bonds. The fourth-order valence-electron chi connectivity index (χ4n) is 1.66. The average molecular weight is 261 g/mol. The lowest BCUT2D eigenvalue weighted by atomic mass is 10.2. The Labute approximate surface area is 103 Å². The van der Waals surface area contributed by atoms with Crippen LogP contribution in [0.1, 0.15) is 16.6 Å². The molecule has 1 saturated heterocycles. The van der Waals surface area contributed by atoms with E-state index in [2.05, 4.69) is 4.98 Å². The molecule has 0 aliphatic carbocycles. The van der Waals surface area contributed by atoms with Crippen molar-refractivity contribution in [2.45, 2.75) is 19.1 Å². The minimum atomic E-state index is -0.0604. The standard InChI is InChI=1S/C10H13ClN2O2S/c1-7-5-15-8(2-11)4-13(7)10(14)9-3-12-6-16-9/h3,6-8H,2,4-5H2,1H3. The minimum Gasteiger partial charge on any atom is -0.373 e. The maximum atomic E-state index is 12.1. The van der Waals surface area contributed by atoms with Crippen molar-refractivity contribution in [3.8, 4) is 0 Å². The Morgan fingerprint density at radius 2 is 2.62 bits per heavy atom. The predicted octanol–water partition coefficient (Wildman–Crippen LogP) is 1.61. The Hall–Kier alpha value is -0.650. The third kappa shape index (κ3) is 2.36. The highest BCUT2D eigenvalue weighted by molar-refractivity contribution is 7.11. The molecule has 0 saturated carbocycles. The monoisotopic (exact) mass is 260 g/mol. The van der Waals surface area contributed by atoms with Crippen LogP contribution in [-0.4, -0.2) is 47.0 Å². The van der Waals surface area contributed by atoms with Crippen LogP contribution in [0.2, 0.25) is 0 Å². The molecule has 0 radical (unpaired) electrons. The van der Waals surface area contributed by atoms with E-state index < -0.39 is 0 Å².